The number of hydrogen-bond acceptors (Lipinski definition) is 2. The van der Waals surface area contributed by atoms with Crippen LogP contribution >= 0.6 is 15.9 Å². The average molecular weight is 402 g/mol. The van der Waals surface area contributed by atoms with Gasteiger partial charge in [0, 0.05) is 4.47 Å². The van der Waals surface area contributed by atoms with Crippen molar-refractivity contribution in [2.75, 3.05) is 4.72 Å². The molecular weight excluding hydrogens is 397 g/mol. The molecule has 0 aliphatic heterocycles. The molecule has 0 heterocycles. The van der Waals surface area contributed by atoms with E-state index in [9.17, 15) is 30.4 Å². The summed E-state index contributed by atoms with van der Waals surface area (Å²) in [5.41, 5.74) is -1.64. The largest absolute Gasteiger partial charge is 0.274 e. The molecule has 0 bridgehead atoms. The molecule has 2 aromatic rings. The van der Waals surface area contributed by atoms with Crippen LogP contribution in [0.2, 0.25) is 0 Å². The number of hydrogen-bond donors (Lipinski definition) is 1. The standard InChI is InChI=1S/C12H5BrF5NO2S/c13-5-1-3-6(4-2-5)22(20,21)19-12-10(17)8(15)7(14)9(16)11(12)18/h1-4,19H. The summed E-state index contributed by atoms with van der Waals surface area (Å²) in [5, 5.41) is 0. The SMILES string of the molecule is O=S(=O)(Nc1c(F)c(F)c(F)c(F)c1F)c1ccc(Br)cc1. The van der Waals surface area contributed by atoms with E-state index in [1.807, 2.05) is 0 Å². The molecule has 22 heavy (non-hydrogen) atoms. The number of sulfonamides is 1. The maximum Gasteiger partial charge on any atom is 0.262 e. The molecule has 0 radical (unpaired) electrons. The Kier molecular flexibility index (Phi) is 4.43. The van der Waals surface area contributed by atoms with Gasteiger partial charge in [-0.05, 0) is 24.3 Å². The Hall–Kier alpha value is -1.68. The Morgan fingerprint density at radius 1 is 0.773 bits per heavy atom. The van der Waals surface area contributed by atoms with Gasteiger partial charge in [-0.2, -0.15) is 0 Å². The van der Waals surface area contributed by atoms with E-state index in [0.717, 1.165) is 12.1 Å². The van der Waals surface area contributed by atoms with Crippen LogP contribution in [0.25, 0.3) is 0 Å². The molecule has 0 aromatic heterocycles. The first kappa shape index (κ1) is 16.7. The molecule has 2 aromatic carbocycles. The van der Waals surface area contributed by atoms with E-state index < -0.39 is 49.7 Å². The van der Waals surface area contributed by atoms with E-state index in [4.69, 9.17) is 0 Å². The van der Waals surface area contributed by atoms with Crippen molar-refractivity contribution in [3.63, 3.8) is 0 Å². The van der Waals surface area contributed by atoms with Crippen LogP contribution in [0.15, 0.2) is 33.6 Å². The molecule has 0 unspecified atom stereocenters. The fourth-order valence-corrected chi connectivity index (χ4v) is 2.83. The second-order valence-electron chi connectivity index (χ2n) is 4.00. The van der Waals surface area contributed by atoms with Crippen molar-refractivity contribution in [3.05, 3.63) is 57.8 Å². The summed E-state index contributed by atoms with van der Waals surface area (Å²) < 4.78 is 91.6. The zero-order valence-electron chi connectivity index (χ0n) is 10.3. The predicted molar refractivity (Wildman–Crippen MR) is 71.2 cm³/mol. The molecule has 0 aliphatic rings. The molecule has 1 N–H and O–H groups in total. The van der Waals surface area contributed by atoms with E-state index in [1.54, 1.807) is 0 Å². The summed E-state index contributed by atoms with van der Waals surface area (Å²) in [5.74, 6) is -11.4. The molecule has 0 fully saturated rings. The highest BCUT2D eigenvalue weighted by atomic mass is 79.9. The number of halogens is 6. The van der Waals surface area contributed by atoms with Crippen LogP contribution in [-0.4, -0.2) is 8.42 Å². The van der Waals surface area contributed by atoms with E-state index >= 15 is 0 Å². The first-order valence-corrected chi connectivity index (χ1v) is 7.72. The van der Waals surface area contributed by atoms with Gasteiger partial charge in [0.05, 0.1) is 4.90 Å². The van der Waals surface area contributed by atoms with Crippen molar-refractivity contribution in [2.45, 2.75) is 4.90 Å². The summed E-state index contributed by atoms with van der Waals surface area (Å²) >= 11 is 3.05. The predicted octanol–water partition coefficient (Wildman–Crippen LogP) is 3.95. The average Bonchev–Trinajstić information content (AvgIpc) is 2.48. The Balaban J connectivity index is 2.53. The summed E-state index contributed by atoms with van der Waals surface area (Å²) in [6.07, 6.45) is 0. The van der Waals surface area contributed by atoms with Gasteiger partial charge >= 0.3 is 0 Å². The molecular formula is C12H5BrF5NO2S. The van der Waals surface area contributed by atoms with Gasteiger partial charge in [0.25, 0.3) is 10.0 Å². The molecule has 0 saturated heterocycles. The van der Waals surface area contributed by atoms with Gasteiger partial charge in [-0.1, -0.05) is 15.9 Å². The van der Waals surface area contributed by atoms with Crippen molar-refractivity contribution in [1.29, 1.82) is 0 Å². The van der Waals surface area contributed by atoms with E-state index in [-0.39, 0.29) is 0 Å². The highest BCUT2D eigenvalue weighted by molar-refractivity contribution is 9.10. The maximum absolute atomic E-state index is 13.5. The number of benzene rings is 2. The first-order chi connectivity index (χ1) is 10.1. The lowest BCUT2D eigenvalue weighted by Gasteiger charge is -2.11. The quantitative estimate of drug-likeness (QED) is 0.480. The van der Waals surface area contributed by atoms with Crippen LogP contribution in [-0.2, 0) is 10.0 Å². The lowest BCUT2D eigenvalue weighted by atomic mass is 10.2. The van der Waals surface area contributed by atoms with Gasteiger partial charge in [-0.25, -0.2) is 30.4 Å². The Morgan fingerprint density at radius 2 is 1.18 bits per heavy atom. The van der Waals surface area contributed by atoms with Crippen molar-refractivity contribution < 1.29 is 30.4 Å². The lowest BCUT2D eigenvalue weighted by molar-refractivity contribution is 0.382. The van der Waals surface area contributed by atoms with Crippen LogP contribution in [0.3, 0.4) is 0 Å². The minimum atomic E-state index is -4.53. The monoisotopic (exact) mass is 401 g/mol. The van der Waals surface area contributed by atoms with Crippen LogP contribution in [0.5, 0.6) is 0 Å². The summed E-state index contributed by atoms with van der Waals surface area (Å²) in [6.45, 7) is 0. The second-order valence-corrected chi connectivity index (χ2v) is 6.60. The normalized spacial score (nSPS) is 11.5. The third-order valence-corrected chi connectivity index (χ3v) is 4.46. The highest BCUT2D eigenvalue weighted by Crippen LogP contribution is 2.29. The Labute approximate surface area is 129 Å². The zero-order chi connectivity index (χ0) is 16.7. The zero-order valence-corrected chi connectivity index (χ0v) is 12.7. The Bertz CT molecular complexity index is 811. The number of anilines is 1. The van der Waals surface area contributed by atoms with Crippen LogP contribution < -0.4 is 4.72 Å². The van der Waals surface area contributed by atoms with Crippen LogP contribution in [0, 0.1) is 29.1 Å². The number of nitrogens with one attached hydrogen (secondary N) is 1. The molecule has 0 amide bonds. The van der Waals surface area contributed by atoms with E-state index in [1.165, 1.54) is 16.9 Å². The highest BCUT2D eigenvalue weighted by Gasteiger charge is 2.28. The Morgan fingerprint density at radius 3 is 1.64 bits per heavy atom. The molecule has 0 saturated carbocycles. The fraction of sp³-hybridized carbons (Fsp3) is 0. The van der Waals surface area contributed by atoms with Crippen molar-refractivity contribution >= 4 is 31.6 Å². The van der Waals surface area contributed by atoms with Gasteiger partial charge in [0.2, 0.25) is 5.82 Å². The molecule has 10 heteroatoms. The summed E-state index contributed by atoms with van der Waals surface area (Å²) in [7, 11) is -4.53. The minimum Gasteiger partial charge on any atom is -0.274 e. The molecule has 0 atom stereocenters. The minimum absolute atomic E-state index is 0.417. The number of rotatable bonds is 3. The third kappa shape index (κ3) is 2.93. The van der Waals surface area contributed by atoms with Crippen LogP contribution in [0.1, 0.15) is 0 Å². The van der Waals surface area contributed by atoms with Crippen molar-refractivity contribution in [2.24, 2.45) is 0 Å². The van der Waals surface area contributed by atoms with Gasteiger partial charge in [0.1, 0.15) is 5.69 Å². The molecule has 2 rings (SSSR count). The second kappa shape index (κ2) is 5.84. The van der Waals surface area contributed by atoms with E-state index in [0.29, 0.717) is 4.47 Å². The third-order valence-electron chi connectivity index (χ3n) is 2.57. The van der Waals surface area contributed by atoms with Gasteiger partial charge in [-0.15, -0.1) is 0 Å². The molecule has 0 aliphatic carbocycles. The van der Waals surface area contributed by atoms with E-state index in [2.05, 4.69) is 15.9 Å². The summed E-state index contributed by atoms with van der Waals surface area (Å²) in [6, 6.07) is 4.82. The first-order valence-electron chi connectivity index (χ1n) is 5.45. The molecule has 0 spiro atoms. The van der Waals surface area contributed by atoms with Crippen molar-refractivity contribution in [1.82, 2.24) is 0 Å². The fourth-order valence-electron chi connectivity index (χ4n) is 1.50. The van der Waals surface area contributed by atoms with Gasteiger partial charge < -0.3 is 0 Å². The van der Waals surface area contributed by atoms with Gasteiger partial charge in [0.15, 0.2) is 23.3 Å². The smallest absolute Gasteiger partial charge is 0.262 e. The van der Waals surface area contributed by atoms with Gasteiger partial charge in [-0.3, -0.25) is 4.72 Å². The molecule has 118 valence electrons. The lowest BCUT2D eigenvalue weighted by Crippen LogP contribution is -2.17. The topological polar surface area (TPSA) is 46.2 Å². The maximum atomic E-state index is 13.5. The van der Waals surface area contributed by atoms with Crippen LogP contribution in [0.4, 0.5) is 27.6 Å². The molecule has 3 nitrogen and oxygen atoms in total. The van der Waals surface area contributed by atoms with Crippen molar-refractivity contribution in [3.8, 4) is 0 Å². The summed E-state index contributed by atoms with van der Waals surface area (Å²) in [4.78, 5) is -0.417.